The van der Waals surface area contributed by atoms with E-state index in [2.05, 4.69) is 15.4 Å². The third kappa shape index (κ3) is 3.88. The van der Waals surface area contributed by atoms with Crippen molar-refractivity contribution in [3.63, 3.8) is 0 Å². The first-order valence-electron chi connectivity index (χ1n) is 10.1. The van der Waals surface area contributed by atoms with Crippen molar-refractivity contribution in [3.05, 3.63) is 101 Å². The molecule has 162 valence electrons. The molecule has 0 unspecified atom stereocenters. The number of rotatable bonds is 6. The fraction of sp³-hybridized carbons (Fsp3) is 0.0400. The number of fused-ring (bicyclic) bond motifs is 1. The number of ether oxygens (including phenoxy) is 1. The number of methoxy groups -OCH3 is 1. The van der Waals surface area contributed by atoms with Gasteiger partial charge in [-0.1, -0.05) is 60.7 Å². The number of ketones is 1. The number of hydrogen-bond donors (Lipinski definition) is 1. The van der Waals surface area contributed by atoms with Crippen molar-refractivity contribution in [2.45, 2.75) is 0 Å². The first-order valence-corrected chi connectivity index (χ1v) is 11.0. The second kappa shape index (κ2) is 8.68. The summed E-state index contributed by atoms with van der Waals surface area (Å²) in [5.41, 5.74) is 2.76. The summed E-state index contributed by atoms with van der Waals surface area (Å²) in [6.07, 6.45) is 0. The van der Waals surface area contributed by atoms with Crippen LogP contribution in [-0.2, 0) is 0 Å². The van der Waals surface area contributed by atoms with E-state index in [1.54, 1.807) is 60.2 Å². The fourth-order valence-electron chi connectivity index (χ4n) is 3.57. The van der Waals surface area contributed by atoms with E-state index in [1.165, 1.54) is 11.3 Å². The lowest BCUT2D eigenvalue weighted by molar-refractivity contribution is 0.0996. The lowest BCUT2D eigenvalue weighted by Gasteiger charge is -2.08. The molecular weight excluding hydrogens is 436 g/mol. The van der Waals surface area contributed by atoms with E-state index in [1.807, 2.05) is 35.7 Å². The zero-order valence-electron chi connectivity index (χ0n) is 17.6. The van der Waals surface area contributed by atoms with Crippen LogP contribution in [0.1, 0.15) is 26.3 Å². The monoisotopic (exact) mass is 454 g/mol. The molecule has 2 heterocycles. The van der Waals surface area contributed by atoms with Crippen molar-refractivity contribution in [2.24, 2.45) is 0 Å². The molecule has 2 aromatic heterocycles. The quantitative estimate of drug-likeness (QED) is 0.367. The third-order valence-corrected chi connectivity index (χ3v) is 5.96. The number of carbonyl (C=O) groups excluding carboxylic acids is 2. The van der Waals surface area contributed by atoms with Gasteiger partial charge in [-0.2, -0.15) is 4.98 Å². The van der Waals surface area contributed by atoms with Crippen LogP contribution in [0.5, 0.6) is 5.75 Å². The molecule has 1 N–H and O–H groups in total. The molecule has 8 heteroatoms. The Morgan fingerprint density at radius 2 is 1.61 bits per heavy atom. The largest absolute Gasteiger partial charge is 0.496 e. The van der Waals surface area contributed by atoms with Crippen LogP contribution >= 0.6 is 11.3 Å². The minimum atomic E-state index is -0.452. The summed E-state index contributed by atoms with van der Waals surface area (Å²) in [4.78, 5) is 31.1. The number of carbonyl (C=O) groups is 2. The minimum absolute atomic E-state index is 0.157. The standard InChI is InChI=1S/C25H18N4O3S/c1-32-21-14-8-7-13-19(21)20-15-33-25-27-24(28-29(20)25)26-23(31)18-12-6-5-11-17(18)22(30)16-9-3-2-4-10-16/h2-15H,1H3,(H,26,28,31). The first kappa shape index (κ1) is 20.6. The van der Waals surface area contributed by atoms with Crippen LogP contribution in [-0.4, -0.2) is 33.4 Å². The van der Waals surface area contributed by atoms with Gasteiger partial charge in [0.25, 0.3) is 11.9 Å². The molecule has 0 aliphatic rings. The lowest BCUT2D eigenvalue weighted by Crippen LogP contribution is -2.17. The Morgan fingerprint density at radius 1 is 0.909 bits per heavy atom. The van der Waals surface area contributed by atoms with E-state index < -0.39 is 5.91 Å². The molecule has 0 fully saturated rings. The highest BCUT2D eigenvalue weighted by Gasteiger charge is 2.20. The topological polar surface area (TPSA) is 85.6 Å². The summed E-state index contributed by atoms with van der Waals surface area (Å²) in [6, 6.07) is 23.2. The average Bonchev–Trinajstić information content (AvgIpc) is 3.44. The maximum Gasteiger partial charge on any atom is 0.258 e. The SMILES string of the molecule is COc1ccccc1-c1csc2nc(NC(=O)c3ccccc3C(=O)c3ccccc3)nn12. The molecule has 0 aliphatic heterocycles. The van der Waals surface area contributed by atoms with Gasteiger partial charge >= 0.3 is 0 Å². The van der Waals surface area contributed by atoms with Gasteiger partial charge in [0, 0.05) is 22.1 Å². The van der Waals surface area contributed by atoms with Crippen molar-refractivity contribution < 1.29 is 14.3 Å². The highest BCUT2D eigenvalue weighted by Crippen LogP contribution is 2.32. The molecule has 33 heavy (non-hydrogen) atoms. The third-order valence-electron chi connectivity index (χ3n) is 5.14. The van der Waals surface area contributed by atoms with Crippen LogP contribution in [0.3, 0.4) is 0 Å². The van der Waals surface area contributed by atoms with Crippen molar-refractivity contribution in [1.82, 2.24) is 14.6 Å². The van der Waals surface area contributed by atoms with Crippen LogP contribution in [0.15, 0.2) is 84.2 Å². The molecule has 0 saturated heterocycles. The van der Waals surface area contributed by atoms with Gasteiger partial charge in [0.1, 0.15) is 5.75 Å². The summed E-state index contributed by atoms with van der Waals surface area (Å²) in [7, 11) is 1.61. The van der Waals surface area contributed by atoms with Crippen molar-refractivity contribution in [1.29, 1.82) is 0 Å². The summed E-state index contributed by atoms with van der Waals surface area (Å²) < 4.78 is 7.13. The summed E-state index contributed by atoms with van der Waals surface area (Å²) in [5, 5.41) is 9.13. The van der Waals surface area contributed by atoms with E-state index in [9.17, 15) is 9.59 Å². The Balaban J connectivity index is 1.45. The van der Waals surface area contributed by atoms with E-state index in [4.69, 9.17) is 4.74 Å². The van der Waals surface area contributed by atoms with Crippen LogP contribution in [0.2, 0.25) is 0 Å². The normalized spacial score (nSPS) is 10.8. The molecule has 0 radical (unpaired) electrons. The molecule has 5 rings (SSSR count). The van der Waals surface area contributed by atoms with Crippen molar-refractivity contribution in [3.8, 4) is 17.0 Å². The number of thiazole rings is 1. The van der Waals surface area contributed by atoms with E-state index in [0.29, 0.717) is 21.8 Å². The number of benzene rings is 3. The van der Waals surface area contributed by atoms with Gasteiger partial charge in [-0.05, 0) is 18.2 Å². The Hall–Kier alpha value is -4.30. The molecule has 0 bridgehead atoms. The van der Waals surface area contributed by atoms with E-state index in [-0.39, 0.29) is 17.3 Å². The van der Waals surface area contributed by atoms with Gasteiger partial charge in [-0.3, -0.25) is 14.9 Å². The predicted octanol–water partition coefficient (Wildman–Crippen LogP) is 4.95. The zero-order valence-corrected chi connectivity index (χ0v) is 18.4. The number of hydrogen-bond acceptors (Lipinski definition) is 6. The summed E-state index contributed by atoms with van der Waals surface area (Å²) in [6.45, 7) is 0. The molecule has 1 amide bonds. The molecule has 0 aliphatic carbocycles. The summed E-state index contributed by atoms with van der Waals surface area (Å²) >= 11 is 1.41. The molecule has 5 aromatic rings. The van der Waals surface area contributed by atoms with Crippen LogP contribution in [0, 0.1) is 0 Å². The molecule has 0 spiro atoms. The minimum Gasteiger partial charge on any atom is -0.496 e. The number of para-hydroxylation sites is 1. The number of aromatic nitrogens is 3. The van der Waals surface area contributed by atoms with Gasteiger partial charge in [0.05, 0.1) is 18.4 Å². The summed E-state index contributed by atoms with van der Waals surface area (Å²) in [5.74, 6) is 0.196. The molecular formula is C25H18N4O3S. The first-order chi connectivity index (χ1) is 16.2. The van der Waals surface area contributed by atoms with Gasteiger partial charge < -0.3 is 4.74 Å². The van der Waals surface area contributed by atoms with Crippen LogP contribution in [0.25, 0.3) is 16.2 Å². The molecule has 3 aromatic carbocycles. The van der Waals surface area contributed by atoms with E-state index in [0.717, 1.165) is 11.3 Å². The van der Waals surface area contributed by atoms with Crippen molar-refractivity contribution >= 4 is 33.9 Å². The highest BCUT2D eigenvalue weighted by atomic mass is 32.1. The maximum atomic E-state index is 13.1. The second-order valence-electron chi connectivity index (χ2n) is 7.15. The van der Waals surface area contributed by atoms with Crippen LogP contribution < -0.4 is 10.1 Å². The number of nitrogens with one attached hydrogen (secondary N) is 1. The van der Waals surface area contributed by atoms with Gasteiger partial charge in [0.2, 0.25) is 4.96 Å². The fourth-order valence-corrected chi connectivity index (χ4v) is 4.39. The lowest BCUT2D eigenvalue weighted by atomic mass is 9.98. The Kier molecular flexibility index (Phi) is 5.42. The predicted molar refractivity (Wildman–Crippen MR) is 127 cm³/mol. The smallest absolute Gasteiger partial charge is 0.258 e. The van der Waals surface area contributed by atoms with Crippen molar-refractivity contribution in [2.75, 3.05) is 12.4 Å². The number of nitrogens with zero attached hydrogens (tertiary/aromatic N) is 3. The number of amides is 1. The maximum absolute atomic E-state index is 13.1. The Labute approximate surface area is 193 Å². The van der Waals surface area contributed by atoms with E-state index >= 15 is 0 Å². The highest BCUT2D eigenvalue weighted by molar-refractivity contribution is 7.15. The Morgan fingerprint density at radius 3 is 2.39 bits per heavy atom. The Bertz CT molecular complexity index is 1470. The molecule has 0 saturated carbocycles. The number of anilines is 1. The molecule has 0 atom stereocenters. The van der Waals surface area contributed by atoms with Gasteiger partial charge in [-0.15, -0.1) is 16.4 Å². The average molecular weight is 455 g/mol. The second-order valence-corrected chi connectivity index (χ2v) is 7.98. The van der Waals surface area contributed by atoms with Crippen LogP contribution in [0.4, 0.5) is 5.95 Å². The zero-order chi connectivity index (χ0) is 22.8. The molecule has 7 nitrogen and oxygen atoms in total. The van der Waals surface area contributed by atoms with Gasteiger partial charge in [-0.25, -0.2) is 4.52 Å². The van der Waals surface area contributed by atoms with Gasteiger partial charge in [0.15, 0.2) is 5.78 Å².